The lowest BCUT2D eigenvalue weighted by molar-refractivity contribution is 0.0739. The molecule has 45 heavy (non-hydrogen) atoms. The number of methoxy groups -OCH3 is 2. The minimum absolute atomic E-state index is 0.0345. The maximum Gasteiger partial charge on any atom is 0.273 e. The number of carbonyl (C=O) groups excluding carboxylic acids is 1. The topological polar surface area (TPSA) is 54.9 Å². The van der Waals surface area contributed by atoms with Crippen LogP contribution in [0.25, 0.3) is 0 Å². The van der Waals surface area contributed by atoms with E-state index in [-0.39, 0.29) is 5.91 Å². The molecule has 0 unspecified atom stereocenters. The summed E-state index contributed by atoms with van der Waals surface area (Å²) in [5.74, 6) is 1.42. The average molecular weight is 620 g/mol. The van der Waals surface area contributed by atoms with E-state index in [2.05, 4.69) is 66.4 Å². The van der Waals surface area contributed by atoms with Gasteiger partial charge in [0.2, 0.25) is 0 Å². The molecule has 0 saturated carbocycles. The van der Waals surface area contributed by atoms with Gasteiger partial charge < -0.3 is 14.4 Å². The zero-order valence-electron chi connectivity index (χ0n) is 26.3. The quantitative estimate of drug-likeness (QED) is 0.121. The monoisotopic (exact) mass is 619 g/mol. The summed E-state index contributed by atoms with van der Waals surface area (Å²) in [7, 11) is 3.31. The van der Waals surface area contributed by atoms with Gasteiger partial charge in [-0.05, 0) is 54.2 Å². The summed E-state index contributed by atoms with van der Waals surface area (Å²) in [6.07, 6.45) is 1.63. The fourth-order valence-electron chi connectivity index (χ4n) is 5.29. The smallest absolute Gasteiger partial charge is 0.273 e. The van der Waals surface area contributed by atoms with Crippen molar-refractivity contribution in [3.63, 3.8) is 0 Å². The van der Waals surface area contributed by atoms with Gasteiger partial charge in [0.05, 0.1) is 20.8 Å². The normalized spacial score (nSPS) is 11.0. The van der Waals surface area contributed by atoms with Crippen molar-refractivity contribution in [3.8, 4) is 11.5 Å². The molecule has 0 saturated heterocycles. The van der Waals surface area contributed by atoms with Gasteiger partial charge in [-0.1, -0.05) is 96.6 Å². The van der Waals surface area contributed by atoms with Crippen molar-refractivity contribution >= 4 is 17.2 Å². The molecule has 0 fully saturated rings. The van der Waals surface area contributed by atoms with Crippen LogP contribution in [-0.4, -0.2) is 48.0 Å². The van der Waals surface area contributed by atoms with E-state index in [0.29, 0.717) is 25.3 Å². The number of ether oxygens (including phenoxy) is 2. The molecular formula is C38H41N3O3S. The van der Waals surface area contributed by atoms with Crippen LogP contribution in [0.5, 0.6) is 11.5 Å². The Balaban J connectivity index is 1.31. The minimum atomic E-state index is -0.0345. The molecule has 4 aromatic carbocycles. The first-order valence-corrected chi connectivity index (χ1v) is 16.2. The molecule has 1 heterocycles. The van der Waals surface area contributed by atoms with Gasteiger partial charge in [0, 0.05) is 31.6 Å². The van der Waals surface area contributed by atoms with Crippen molar-refractivity contribution in [2.45, 2.75) is 39.4 Å². The Bertz CT molecular complexity index is 1640. The van der Waals surface area contributed by atoms with E-state index < -0.39 is 0 Å². The summed E-state index contributed by atoms with van der Waals surface area (Å²) in [5, 5.41) is 2.84. The minimum Gasteiger partial charge on any atom is -0.493 e. The number of amides is 1. The molecule has 0 N–H and O–H groups in total. The number of benzene rings is 4. The summed E-state index contributed by atoms with van der Waals surface area (Å²) >= 11 is 1.55. The maximum absolute atomic E-state index is 13.9. The van der Waals surface area contributed by atoms with Gasteiger partial charge in [0.15, 0.2) is 11.5 Å². The van der Waals surface area contributed by atoms with E-state index in [1.165, 1.54) is 22.3 Å². The van der Waals surface area contributed by atoms with E-state index in [4.69, 9.17) is 14.5 Å². The zero-order chi connectivity index (χ0) is 31.4. The second kappa shape index (κ2) is 16.0. The van der Waals surface area contributed by atoms with Gasteiger partial charge in [-0.2, -0.15) is 0 Å². The number of aromatic nitrogens is 1. The Morgan fingerprint density at radius 1 is 0.689 bits per heavy atom. The lowest BCUT2D eigenvalue weighted by atomic mass is 10.1. The van der Waals surface area contributed by atoms with Crippen molar-refractivity contribution in [2.75, 3.05) is 27.3 Å². The molecule has 232 valence electrons. The van der Waals surface area contributed by atoms with E-state index in [1.54, 1.807) is 25.6 Å². The van der Waals surface area contributed by atoms with Crippen LogP contribution >= 0.6 is 11.3 Å². The molecule has 0 radical (unpaired) electrons. The molecule has 1 aromatic heterocycles. The summed E-state index contributed by atoms with van der Waals surface area (Å²) in [5.41, 5.74) is 6.49. The molecule has 0 aliphatic heterocycles. The fourth-order valence-corrected chi connectivity index (χ4v) is 6.10. The Morgan fingerprint density at radius 2 is 1.31 bits per heavy atom. The highest BCUT2D eigenvalue weighted by Crippen LogP contribution is 2.28. The summed E-state index contributed by atoms with van der Waals surface area (Å²) in [6, 6.07) is 35.2. The molecule has 0 atom stereocenters. The Morgan fingerprint density at radius 3 is 2.00 bits per heavy atom. The molecule has 0 spiro atoms. The van der Waals surface area contributed by atoms with Crippen molar-refractivity contribution in [1.29, 1.82) is 0 Å². The molecule has 0 aliphatic rings. The number of nitrogens with zero attached hydrogens (tertiary/aromatic N) is 3. The first kappa shape index (κ1) is 31.9. The first-order valence-electron chi connectivity index (χ1n) is 15.3. The SMILES string of the molecule is COc1ccc(CCN(Cc2ccc(C)cc2)Cc2nc(C(=O)N(CCc3ccccc3)Cc3ccccc3)cs2)cc1OC. The first-order chi connectivity index (χ1) is 22.0. The highest BCUT2D eigenvalue weighted by Gasteiger charge is 2.20. The van der Waals surface area contributed by atoms with Crippen LogP contribution in [0.3, 0.4) is 0 Å². The van der Waals surface area contributed by atoms with Crippen LogP contribution in [0.4, 0.5) is 0 Å². The lowest BCUT2D eigenvalue weighted by Gasteiger charge is -2.23. The van der Waals surface area contributed by atoms with E-state index >= 15 is 0 Å². The molecule has 1 amide bonds. The van der Waals surface area contributed by atoms with Gasteiger partial charge in [-0.15, -0.1) is 11.3 Å². The van der Waals surface area contributed by atoms with E-state index in [1.807, 2.05) is 58.8 Å². The van der Waals surface area contributed by atoms with Gasteiger partial charge in [-0.3, -0.25) is 9.69 Å². The van der Waals surface area contributed by atoms with Crippen molar-refractivity contribution in [2.24, 2.45) is 0 Å². The number of aryl methyl sites for hydroxylation is 1. The number of rotatable bonds is 15. The third-order valence-electron chi connectivity index (χ3n) is 7.84. The van der Waals surface area contributed by atoms with E-state index in [0.717, 1.165) is 48.0 Å². The largest absolute Gasteiger partial charge is 0.493 e. The number of hydrogen-bond acceptors (Lipinski definition) is 6. The van der Waals surface area contributed by atoms with E-state index in [9.17, 15) is 4.79 Å². The molecular weight excluding hydrogens is 579 g/mol. The van der Waals surface area contributed by atoms with Crippen molar-refractivity contribution in [3.05, 3.63) is 147 Å². The predicted octanol–water partition coefficient (Wildman–Crippen LogP) is 7.60. The van der Waals surface area contributed by atoms with Crippen LogP contribution in [0, 0.1) is 6.92 Å². The summed E-state index contributed by atoms with van der Waals surface area (Å²) < 4.78 is 10.9. The molecule has 5 rings (SSSR count). The summed E-state index contributed by atoms with van der Waals surface area (Å²) in [4.78, 5) is 23.0. The fraction of sp³-hybridized carbons (Fsp3) is 0.263. The Hall–Kier alpha value is -4.46. The Kier molecular flexibility index (Phi) is 11.4. The number of carbonyl (C=O) groups is 1. The van der Waals surface area contributed by atoms with Crippen molar-refractivity contribution < 1.29 is 14.3 Å². The molecule has 7 heteroatoms. The second-order valence-corrected chi connectivity index (χ2v) is 12.2. The average Bonchev–Trinajstić information content (AvgIpc) is 3.55. The molecule has 0 bridgehead atoms. The summed E-state index contributed by atoms with van der Waals surface area (Å²) in [6.45, 7) is 5.53. The third kappa shape index (κ3) is 9.27. The molecule has 6 nitrogen and oxygen atoms in total. The van der Waals surface area contributed by atoms with Gasteiger partial charge >= 0.3 is 0 Å². The molecule has 5 aromatic rings. The number of hydrogen-bond donors (Lipinski definition) is 0. The lowest BCUT2D eigenvalue weighted by Crippen LogP contribution is -2.33. The van der Waals surface area contributed by atoms with Crippen LogP contribution in [-0.2, 0) is 32.5 Å². The van der Waals surface area contributed by atoms with Crippen LogP contribution in [0.15, 0.2) is 109 Å². The van der Waals surface area contributed by atoms with Gasteiger partial charge in [0.25, 0.3) is 5.91 Å². The van der Waals surface area contributed by atoms with Gasteiger partial charge in [0.1, 0.15) is 10.7 Å². The van der Waals surface area contributed by atoms with Crippen LogP contribution in [0.2, 0.25) is 0 Å². The predicted molar refractivity (Wildman–Crippen MR) is 182 cm³/mol. The van der Waals surface area contributed by atoms with Crippen LogP contribution < -0.4 is 9.47 Å². The van der Waals surface area contributed by atoms with Crippen LogP contribution in [0.1, 0.15) is 43.3 Å². The zero-order valence-corrected chi connectivity index (χ0v) is 27.1. The maximum atomic E-state index is 13.9. The van der Waals surface area contributed by atoms with Crippen molar-refractivity contribution in [1.82, 2.24) is 14.8 Å². The molecule has 0 aliphatic carbocycles. The standard InChI is InChI=1S/C38H41N3O3S/c1-29-14-16-33(17-15-29)25-40(22-20-31-18-19-35(43-2)36(24-31)44-3)27-37-39-34(28-45-37)38(42)41(26-32-12-8-5-9-13-32)23-21-30-10-6-4-7-11-30/h4-19,24,28H,20-23,25-27H2,1-3H3. The van der Waals surface area contributed by atoms with Gasteiger partial charge in [-0.25, -0.2) is 4.98 Å². The highest BCUT2D eigenvalue weighted by molar-refractivity contribution is 7.09. The third-order valence-corrected chi connectivity index (χ3v) is 8.67. The Labute approximate surface area is 270 Å². The number of thiazole rings is 1. The highest BCUT2D eigenvalue weighted by atomic mass is 32.1. The second-order valence-electron chi connectivity index (χ2n) is 11.2.